The number of amides is 2. The maximum Gasteiger partial charge on any atom is 0.255 e. The topological polar surface area (TPSA) is 85.9 Å². The highest BCUT2D eigenvalue weighted by atomic mass is 16.5. The lowest BCUT2D eigenvalue weighted by Crippen LogP contribution is -2.36. The number of benzene rings is 2. The molecule has 7 heteroatoms. The Morgan fingerprint density at radius 1 is 1.07 bits per heavy atom. The molecule has 0 aliphatic carbocycles. The first-order chi connectivity index (χ1) is 14.5. The predicted octanol–water partition coefficient (Wildman–Crippen LogP) is 2.85. The SMILES string of the molecule is CCOc1cc2c(cc1CNC(=O)CNC(=O)c1ccccc1OCC)OC(C)C2. The zero-order valence-corrected chi connectivity index (χ0v) is 17.6. The van der Waals surface area contributed by atoms with E-state index in [1.807, 2.05) is 32.9 Å². The standard InChI is InChI=1S/C23H28N2O5/c1-4-28-19-9-7-6-8-18(19)23(27)25-14-22(26)24-13-17-12-21-16(10-15(3)30-21)11-20(17)29-5-2/h6-9,11-12,15H,4-5,10,13-14H2,1-3H3,(H,24,26)(H,25,27). The van der Waals surface area contributed by atoms with E-state index in [9.17, 15) is 9.59 Å². The molecule has 30 heavy (non-hydrogen) atoms. The van der Waals surface area contributed by atoms with Gasteiger partial charge in [-0.3, -0.25) is 9.59 Å². The van der Waals surface area contributed by atoms with E-state index in [0.29, 0.717) is 24.5 Å². The summed E-state index contributed by atoms with van der Waals surface area (Å²) in [5, 5.41) is 5.46. The summed E-state index contributed by atoms with van der Waals surface area (Å²) < 4.78 is 17.0. The van der Waals surface area contributed by atoms with Gasteiger partial charge in [-0.25, -0.2) is 0 Å². The fraction of sp³-hybridized carbons (Fsp3) is 0.391. The summed E-state index contributed by atoms with van der Waals surface area (Å²) in [5.74, 6) is 1.41. The number of para-hydroxylation sites is 1. The van der Waals surface area contributed by atoms with Crippen molar-refractivity contribution in [2.75, 3.05) is 19.8 Å². The Morgan fingerprint density at radius 2 is 1.80 bits per heavy atom. The van der Waals surface area contributed by atoms with Gasteiger partial charge in [-0.2, -0.15) is 0 Å². The van der Waals surface area contributed by atoms with Crippen LogP contribution in [0.4, 0.5) is 0 Å². The van der Waals surface area contributed by atoms with Gasteiger partial charge in [0.2, 0.25) is 5.91 Å². The fourth-order valence-corrected chi connectivity index (χ4v) is 3.36. The van der Waals surface area contributed by atoms with Gasteiger partial charge in [-0.05, 0) is 45.0 Å². The van der Waals surface area contributed by atoms with Gasteiger partial charge in [-0.1, -0.05) is 12.1 Å². The average molecular weight is 412 g/mol. The van der Waals surface area contributed by atoms with Gasteiger partial charge in [0.1, 0.15) is 23.4 Å². The van der Waals surface area contributed by atoms with Crippen LogP contribution >= 0.6 is 0 Å². The van der Waals surface area contributed by atoms with E-state index < -0.39 is 0 Å². The third-order valence-corrected chi connectivity index (χ3v) is 4.70. The molecule has 2 amide bonds. The minimum Gasteiger partial charge on any atom is -0.494 e. The Kier molecular flexibility index (Phi) is 7.17. The van der Waals surface area contributed by atoms with Crippen LogP contribution in [0.2, 0.25) is 0 Å². The highest BCUT2D eigenvalue weighted by Crippen LogP contribution is 2.35. The molecule has 0 aromatic heterocycles. The normalized spacial score (nSPS) is 14.4. The Balaban J connectivity index is 1.57. The van der Waals surface area contributed by atoms with Crippen LogP contribution in [0.15, 0.2) is 36.4 Å². The van der Waals surface area contributed by atoms with Crippen molar-refractivity contribution in [1.29, 1.82) is 0 Å². The van der Waals surface area contributed by atoms with Crippen molar-refractivity contribution >= 4 is 11.8 Å². The second-order valence-corrected chi connectivity index (χ2v) is 7.02. The Morgan fingerprint density at radius 3 is 2.57 bits per heavy atom. The molecular formula is C23H28N2O5. The van der Waals surface area contributed by atoms with Crippen LogP contribution in [-0.4, -0.2) is 37.7 Å². The van der Waals surface area contributed by atoms with E-state index in [1.165, 1.54) is 0 Å². The van der Waals surface area contributed by atoms with Gasteiger partial charge in [0, 0.05) is 24.1 Å². The summed E-state index contributed by atoms with van der Waals surface area (Å²) in [6, 6.07) is 10.8. The van der Waals surface area contributed by atoms with Crippen LogP contribution in [0.25, 0.3) is 0 Å². The smallest absolute Gasteiger partial charge is 0.255 e. The number of hydrogen-bond acceptors (Lipinski definition) is 5. The second kappa shape index (κ2) is 10.0. The van der Waals surface area contributed by atoms with Gasteiger partial charge in [0.05, 0.1) is 25.3 Å². The molecule has 2 aromatic rings. The number of fused-ring (bicyclic) bond motifs is 1. The molecule has 1 aliphatic heterocycles. The summed E-state index contributed by atoms with van der Waals surface area (Å²) >= 11 is 0. The number of ether oxygens (including phenoxy) is 3. The van der Waals surface area contributed by atoms with Crippen LogP contribution in [0.5, 0.6) is 17.2 Å². The summed E-state index contributed by atoms with van der Waals surface area (Å²) in [7, 11) is 0. The monoisotopic (exact) mass is 412 g/mol. The first-order valence-electron chi connectivity index (χ1n) is 10.2. The van der Waals surface area contributed by atoms with Crippen molar-refractivity contribution < 1.29 is 23.8 Å². The van der Waals surface area contributed by atoms with Crippen molar-refractivity contribution in [3.63, 3.8) is 0 Å². The number of carbonyl (C=O) groups excluding carboxylic acids is 2. The minimum atomic E-state index is -0.357. The van der Waals surface area contributed by atoms with E-state index in [-0.39, 0.29) is 31.0 Å². The lowest BCUT2D eigenvalue weighted by molar-refractivity contribution is -0.120. The second-order valence-electron chi connectivity index (χ2n) is 7.02. The van der Waals surface area contributed by atoms with Crippen molar-refractivity contribution in [1.82, 2.24) is 10.6 Å². The van der Waals surface area contributed by atoms with E-state index in [2.05, 4.69) is 10.6 Å². The molecule has 0 radical (unpaired) electrons. The molecule has 1 heterocycles. The molecule has 2 N–H and O–H groups in total. The Labute approximate surface area is 176 Å². The van der Waals surface area contributed by atoms with Crippen molar-refractivity contribution in [2.45, 2.75) is 39.8 Å². The molecule has 0 spiro atoms. The van der Waals surface area contributed by atoms with Crippen molar-refractivity contribution in [3.05, 3.63) is 53.1 Å². The van der Waals surface area contributed by atoms with E-state index >= 15 is 0 Å². The zero-order chi connectivity index (χ0) is 21.5. The molecule has 7 nitrogen and oxygen atoms in total. The number of rotatable bonds is 9. The van der Waals surface area contributed by atoms with Crippen LogP contribution in [-0.2, 0) is 17.8 Å². The lowest BCUT2D eigenvalue weighted by Gasteiger charge is -2.14. The van der Waals surface area contributed by atoms with Gasteiger partial charge < -0.3 is 24.8 Å². The van der Waals surface area contributed by atoms with Crippen LogP contribution in [0, 0.1) is 0 Å². The van der Waals surface area contributed by atoms with E-state index in [4.69, 9.17) is 14.2 Å². The summed E-state index contributed by atoms with van der Waals surface area (Å²) in [6.07, 6.45) is 0.978. The minimum absolute atomic E-state index is 0.133. The van der Waals surface area contributed by atoms with Crippen molar-refractivity contribution in [2.24, 2.45) is 0 Å². The zero-order valence-electron chi connectivity index (χ0n) is 17.6. The molecule has 0 saturated carbocycles. The molecule has 160 valence electrons. The average Bonchev–Trinajstić information content (AvgIpc) is 3.10. The molecule has 0 saturated heterocycles. The Hall–Kier alpha value is -3.22. The van der Waals surface area contributed by atoms with Gasteiger partial charge in [0.15, 0.2) is 0 Å². The maximum absolute atomic E-state index is 12.4. The molecule has 1 atom stereocenters. The highest BCUT2D eigenvalue weighted by Gasteiger charge is 2.22. The summed E-state index contributed by atoms with van der Waals surface area (Å²) in [4.78, 5) is 24.7. The molecule has 1 aliphatic rings. The van der Waals surface area contributed by atoms with Crippen molar-refractivity contribution in [3.8, 4) is 17.2 Å². The maximum atomic E-state index is 12.4. The molecule has 1 unspecified atom stereocenters. The first kappa shape index (κ1) is 21.5. The quantitative estimate of drug-likeness (QED) is 0.662. The highest BCUT2D eigenvalue weighted by molar-refractivity contribution is 5.98. The predicted molar refractivity (Wildman–Crippen MR) is 113 cm³/mol. The lowest BCUT2D eigenvalue weighted by atomic mass is 10.1. The molecule has 3 rings (SSSR count). The number of hydrogen-bond donors (Lipinski definition) is 2. The molecule has 0 fully saturated rings. The number of nitrogens with one attached hydrogen (secondary N) is 2. The third kappa shape index (κ3) is 5.23. The van der Waals surface area contributed by atoms with Gasteiger partial charge in [0.25, 0.3) is 5.91 Å². The fourth-order valence-electron chi connectivity index (χ4n) is 3.36. The first-order valence-corrected chi connectivity index (χ1v) is 10.2. The van der Waals surface area contributed by atoms with E-state index in [1.54, 1.807) is 24.3 Å². The summed E-state index contributed by atoms with van der Waals surface area (Å²) in [5.41, 5.74) is 2.35. The summed E-state index contributed by atoms with van der Waals surface area (Å²) in [6.45, 7) is 6.93. The van der Waals surface area contributed by atoms with Crippen LogP contribution < -0.4 is 24.8 Å². The van der Waals surface area contributed by atoms with Crippen LogP contribution in [0.3, 0.4) is 0 Å². The largest absolute Gasteiger partial charge is 0.494 e. The number of carbonyl (C=O) groups is 2. The molecular weight excluding hydrogens is 384 g/mol. The Bertz CT molecular complexity index is 912. The van der Waals surface area contributed by atoms with Crippen LogP contribution in [0.1, 0.15) is 42.3 Å². The third-order valence-electron chi connectivity index (χ3n) is 4.70. The molecule has 0 bridgehead atoms. The molecule has 2 aromatic carbocycles. The van der Waals surface area contributed by atoms with E-state index in [0.717, 1.165) is 29.0 Å². The van der Waals surface area contributed by atoms with Gasteiger partial charge in [-0.15, -0.1) is 0 Å². The van der Waals surface area contributed by atoms with Gasteiger partial charge >= 0.3 is 0 Å².